The Labute approximate surface area is 240 Å². The van der Waals surface area contributed by atoms with Crippen LogP contribution in [-0.2, 0) is 22.6 Å². The summed E-state index contributed by atoms with van der Waals surface area (Å²) < 4.78 is 5.16. The molecule has 216 valence electrons. The van der Waals surface area contributed by atoms with Crippen molar-refractivity contribution >= 4 is 17.7 Å². The number of amides is 1. The van der Waals surface area contributed by atoms with Gasteiger partial charge in [-0.2, -0.15) is 0 Å². The number of carbonyl (C=O) groups excluding carboxylic acids is 1. The lowest BCUT2D eigenvalue weighted by Crippen LogP contribution is -2.34. The Kier molecular flexibility index (Phi) is 16.4. The maximum absolute atomic E-state index is 13.1. The summed E-state index contributed by atoms with van der Waals surface area (Å²) in [6.45, 7) is 21.5. The normalized spacial score (nSPS) is 19.9. The molecule has 3 nitrogen and oxygen atoms in total. The van der Waals surface area contributed by atoms with Crippen molar-refractivity contribution in [1.82, 2.24) is 0 Å². The van der Waals surface area contributed by atoms with Gasteiger partial charge in [0.05, 0.1) is 12.0 Å². The number of anilines is 1. The van der Waals surface area contributed by atoms with Crippen LogP contribution in [0.25, 0.3) is 6.08 Å². The lowest BCUT2D eigenvalue weighted by atomic mass is 9.78. The number of carbonyl (C=O) groups is 1. The van der Waals surface area contributed by atoms with Crippen LogP contribution in [0.4, 0.5) is 5.69 Å². The molecule has 0 bridgehead atoms. The van der Waals surface area contributed by atoms with Gasteiger partial charge in [-0.05, 0) is 73.8 Å². The SMILES string of the molecule is C=Cc1ccccc1CC(=C)C.CC.CC.CCC1CCCC2(CC1)CCN(c1ccc(COC)cc1)C2=O. The van der Waals surface area contributed by atoms with Gasteiger partial charge in [0, 0.05) is 19.3 Å². The molecule has 0 aromatic heterocycles. The van der Waals surface area contributed by atoms with Gasteiger partial charge < -0.3 is 9.64 Å². The third kappa shape index (κ3) is 10.1. The summed E-state index contributed by atoms with van der Waals surface area (Å²) in [5.41, 5.74) is 5.82. The van der Waals surface area contributed by atoms with Crippen molar-refractivity contribution < 1.29 is 9.53 Å². The molecule has 4 rings (SSSR count). The second-order valence-corrected chi connectivity index (χ2v) is 10.3. The van der Waals surface area contributed by atoms with Gasteiger partial charge in [-0.25, -0.2) is 0 Å². The number of rotatable bonds is 7. The van der Waals surface area contributed by atoms with Crippen LogP contribution < -0.4 is 4.90 Å². The standard InChI is InChI=1S/C20H29NO2.C12H14.2C2H6/c1-3-16-5-4-11-20(12-10-16)13-14-21(19(20)22)18-8-6-17(7-9-18)15-23-2;1-4-11-7-5-6-8-12(11)9-10(2)3;2*1-2/h6-9,16H,3-5,10-15H2,1-2H3;4-8H,1-2,9H2,3H3;2*1-2H3. The first kappa shape index (κ1) is 34.4. The predicted molar refractivity (Wildman–Crippen MR) is 171 cm³/mol. The zero-order valence-corrected chi connectivity index (χ0v) is 26.0. The molecular weight excluding hydrogens is 478 g/mol. The molecule has 1 aliphatic carbocycles. The van der Waals surface area contributed by atoms with Crippen molar-refractivity contribution in [2.45, 2.75) is 99.5 Å². The molecule has 1 amide bonds. The van der Waals surface area contributed by atoms with Crippen LogP contribution in [0.2, 0.25) is 0 Å². The minimum absolute atomic E-state index is 0.0743. The van der Waals surface area contributed by atoms with E-state index in [1.165, 1.54) is 42.4 Å². The van der Waals surface area contributed by atoms with Gasteiger partial charge in [-0.1, -0.05) is 115 Å². The summed E-state index contributed by atoms with van der Waals surface area (Å²) in [4.78, 5) is 15.2. The van der Waals surface area contributed by atoms with E-state index in [9.17, 15) is 4.79 Å². The third-order valence-corrected chi connectivity index (χ3v) is 7.72. The number of ether oxygens (including phenoxy) is 1. The van der Waals surface area contributed by atoms with E-state index in [0.717, 1.165) is 49.4 Å². The fourth-order valence-electron chi connectivity index (χ4n) is 5.58. The largest absolute Gasteiger partial charge is 0.380 e. The highest BCUT2D eigenvalue weighted by molar-refractivity contribution is 5.99. The maximum atomic E-state index is 13.1. The van der Waals surface area contributed by atoms with Crippen LogP contribution in [0.5, 0.6) is 0 Å². The first-order valence-electron chi connectivity index (χ1n) is 15.2. The Morgan fingerprint density at radius 2 is 1.69 bits per heavy atom. The Bertz CT molecular complexity index is 993. The monoisotopic (exact) mass is 533 g/mol. The molecule has 1 aliphatic heterocycles. The number of benzene rings is 2. The van der Waals surface area contributed by atoms with Gasteiger partial charge in [0.1, 0.15) is 0 Å². The van der Waals surface area contributed by atoms with Crippen molar-refractivity contribution in [3.63, 3.8) is 0 Å². The molecule has 2 unspecified atom stereocenters. The average Bonchev–Trinajstić information content (AvgIpc) is 3.14. The molecule has 2 aliphatic rings. The minimum Gasteiger partial charge on any atom is -0.380 e. The Hall–Kier alpha value is -2.65. The van der Waals surface area contributed by atoms with Gasteiger partial charge >= 0.3 is 0 Å². The fourth-order valence-corrected chi connectivity index (χ4v) is 5.58. The van der Waals surface area contributed by atoms with E-state index in [-0.39, 0.29) is 5.41 Å². The van der Waals surface area contributed by atoms with Crippen molar-refractivity contribution in [2.24, 2.45) is 11.3 Å². The quantitative estimate of drug-likeness (QED) is 0.331. The smallest absolute Gasteiger partial charge is 0.233 e. The summed E-state index contributed by atoms with van der Waals surface area (Å²) >= 11 is 0. The molecule has 2 aromatic carbocycles. The predicted octanol–water partition coefficient (Wildman–Crippen LogP) is 10.0. The second kappa shape index (κ2) is 18.6. The van der Waals surface area contributed by atoms with E-state index in [1.807, 2.05) is 57.7 Å². The van der Waals surface area contributed by atoms with E-state index >= 15 is 0 Å². The molecule has 0 radical (unpaired) electrons. The van der Waals surface area contributed by atoms with Gasteiger partial charge in [0.25, 0.3) is 0 Å². The molecule has 2 atom stereocenters. The first-order valence-corrected chi connectivity index (χ1v) is 15.2. The van der Waals surface area contributed by atoms with Gasteiger partial charge in [-0.15, -0.1) is 0 Å². The Morgan fingerprint density at radius 1 is 1.03 bits per heavy atom. The van der Waals surface area contributed by atoms with Crippen LogP contribution >= 0.6 is 0 Å². The lowest BCUT2D eigenvalue weighted by molar-refractivity contribution is -0.126. The van der Waals surface area contributed by atoms with Crippen LogP contribution in [0.1, 0.15) is 103 Å². The average molecular weight is 534 g/mol. The van der Waals surface area contributed by atoms with Crippen LogP contribution in [0.3, 0.4) is 0 Å². The van der Waals surface area contributed by atoms with Crippen molar-refractivity contribution in [3.8, 4) is 0 Å². The topological polar surface area (TPSA) is 29.5 Å². The molecule has 1 spiro atoms. The zero-order chi connectivity index (χ0) is 29.3. The van der Waals surface area contributed by atoms with Crippen LogP contribution in [0.15, 0.2) is 67.3 Å². The molecule has 1 saturated heterocycles. The van der Waals surface area contributed by atoms with Crippen LogP contribution in [0, 0.1) is 11.3 Å². The highest BCUT2D eigenvalue weighted by Gasteiger charge is 2.47. The van der Waals surface area contributed by atoms with Crippen molar-refractivity contribution in [3.05, 3.63) is 84.0 Å². The number of hydrogen-bond acceptors (Lipinski definition) is 2. The van der Waals surface area contributed by atoms with Gasteiger partial charge in [0.2, 0.25) is 5.91 Å². The third-order valence-electron chi connectivity index (χ3n) is 7.72. The first-order chi connectivity index (χ1) is 18.9. The number of allylic oxidation sites excluding steroid dienone is 1. The van der Waals surface area contributed by atoms with E-state index in [4.69, 9.17) is 4.74 Å². The Balaban J connectivity index is 0.000000402. The molecule has 3 heteroatoms. The van der Waals surface area contributed by atoms with Crippen LogP contribution in [-0.4, -0.2) is 19.6 Å². The van der Waals surface area contributed by atoms with Gasteiger partial charge in [-0.3, -0.25) is 4.79 Å². The van der Waals surface area contributed by atoms with E-state index in [2.05, 4.69) is 56.5 Å². The molecule has 0 N–H and O–H groups in total. The van der Waals surface area contributed by atoms with Crippen molar-refractivity contribution in [1.29, 1.82) is 0 Å². The second-order valence-electron chi connectivity index (χ2n) is 10.3. The van der Waals surface area contributed by atoms with Crippen molar-refractivity contribution in [2.75, 3.05) is 18.6 Å². The van der Waals surface area contributed by atoms with Gasteiger partial charge in [0.15, 0.2) is 0 Å². The van der Waals surface area contributed by atoms with E-state index in [0.29, 0.717) is 12.5 Å². The highest BCUT2D eigenvalue weighted by atomic mass is 16.5. The summed E-state index contributed by atoms with van der Waals surface area (Å²) in [5.74, 6) is 1.19. The summed E-state index contributed by atoms with van der Waals surface area (Å²) in [7, 11) is 1.71. The number of hydrogen-bond donors (Lipinski definition) is 0. The Morgan fingerprint density at radius 3 is 2.28 bits per heavy atom. The molecule has 1 saturated carbocycles. The molecule has 2 aromatic rings. The number of methoxy groups -OCH3 is 1. The van der Waals surface area contributed by atoms with E-state index < -0.39 is 0 Å². The fraction of sp³-hybridized carbons (Fsp3) is 0.528. The maximum Gasteiger partial charge on any atom is 0.233 e. The summed E-state index contributed by atoms with van der Waals surface area (Å²) in [5, 5.41) is 0. The highest BCUT2D eigenvalue weighted by Crippen LogP contribution is 2.46. The molecule has 2 fully saturated rings. The lowest BCUT2D eigenvalue weighted by Gasteiger charge is -2.26. The van der Waals surface area contributed by atoms with E-state index in [1.54, 1.807) is 7.11 Å². The molecule has 39 heavy (non-hydrogen) atoms. The molecule has 1 heterocycles. The summed E-state index contributed by atoms with van der Waals surface area (Å²) in [6, 6.07) is 16.5. The zero-order valence-electron chi connectivity index (χ0n) is 26.0. The minimum atomic E-state index is -0.0743. The number of nitrogens with zero attached hydrogens (tertiary/aromatic N) is 1. The molecular formula is C36H55NO2. The summed E-state index contributed by atoms with van der Waals surface area (Å²) in [6.07, 6.45) is 11.0.